The molecular formula is C12H15N2O4P. The monoisotopic (exact) mass is 282 g/mol. The van der Waals surface area contributed by atoms with Crippen LogP contribution in [0, 0.1) is 0 Å². The van der Waals surface area contributed by atoms with E-state index in [1.54, 1.807) is 4.68 Å². The van der Waals surface area contributed by atoms with E-state index in [0.29, 0.717) is 6.54 Å². The molecule has 0 spiro atoms. The molecule has 0 saturated heterocycles. The van der Waals surface area contributed by atoms with Crippen LogP contribution in [0.5, 0.6) is 0 Å². The molecule has 0 aliphatic rings. The Morgan fingerprint density at radius 2 is 1.84 bits per heavy atom. The number of aromatic nitrogens is 2. The molecule has 0 fully saturated rings. The molecule has 0 aliphatic carbocycles. The lowest BCUT2D eigenvalue weighted by Crippen LogP contribution is -2.22. The molecule has 0 bridgehead atoms. The Bertz CT molecular complexity index is 639. The molecule has 6 nitrogen and oxygen atoms in total. The van der Waals surface area contributed by atoms with Crippen LogP contribution in [0.1, 0.15) is 5.56 Å². The van der Waals surface area contributed by atoms with E-state index < -0.39 is 13.2 Å². The Labute approximate surface area is 110 Å². The first-order chi connectivity index (χ1) is 9.09. The number of nitrogens with one attached hydrogen (secondary N) is 1. The number of hydrogen-bond donors (Lipinski definition) is 1. The summed E-state index contributed by atoms with van der Waals surface area (Å²) in [5.41, 5.74) is 0.549. The summed E-state index contributed by atoms with van der Waals surface area (Å²) in [6, 6.07) is 9.60. The van der Waals surface area contributed by atoms with Crippen LogP contribution < -0.4 is 10.9 Å². The summed E-state index contributed by atoms with van der Waals surface area (Å²) in [5.74, 6) is 0. The van der Waals surface area contributed by atoms with Gasteiger partial charge in [0.15, 0.2) is 0 Å². The van der Waals surface area contributed by atoms with E-state index in [9.17, 15) is 9.36 Å². The topological polar surface area (TPSA) is 73.3 Å². The molecule has 1 aromatic heterocycles. The molecule has 0 saturated carbocycles. The van der Waals surface area contributed by atoms with Crippen LogP contribution in [-0.2, 0) is 20.2 Å². The average molecular weight is 282 g/mol. The zero-order chi connectivity index (χ0) is 13.9. The molecule has 2 rings (SSSR count). The second-order valence-electron chi connectivity index (χ2n) is 3.93. The maximum absolute atomic E-state index is 12.2. The Balaban J connectivity index is 2.32. The third-order valence-electron chi connectivity index (χ3n) is 2.73. The van der Waals surface area contributed by atoms with Crippen molar-refractivity contribution in [3.8, 4) is 0 Å². The maximum Gasteiger partial charge on any atom is 0.367 e. The van der Waals surface area contributed by atoms with Gasteiger partial charge < -0.3 is 9.05 Å². The minimum Gasteiger partial charge on any atom is -0.308 e. The van der Waals surface area contributed by atoms with Gasteiger partial charge >= 0.3 is 7.60 Å². The first kappa shape index (κ1) is 13.8. The quantitative estimate of drug-likeness (QED) is 0.840. The zero-order valence-electron chi connectivity index (χ0n) is 10.7. The van der Waals surface area contributed by atoms with E-state index in [2.05, 4.69) is 5.10 Å². The molecule has 1 aromatic carbocycles. The predicted octanol–water partition coefficient (Wildman–Crippen LogP) is 1.34. The van der Waals surface area contributed by atoms with Crippen molar-refractivity contribution in [2.45, 2.75) is 6.54 Å². The van der Waals surface area contributed by atoms with Gasteiger partial charge in [-0.15, -0.1) is 0 Å². The molecule has 2 aromatic rings. The molecule has 19 heavy (non-hydrogen) atoms. The zero-order valence-corrected chi connectivity index (χ0v) is 11.6. The summed E-state index contributed by atoms with van der Waals surface area (Å²) in [7, 11) is -1.02. The van der Waals surface area contributed by atoms with Gasteiger partial charge in [0, 0.05) is 20.4 Å². The van der Waals surface area contributed by atoms with E-state index in [4.69, 9.17) is 9.05 Å². The highest BCUT2D eigenvalue weighted by Gasteiger charge is 2.29. The van der Waals surface area contributed by atoms with E-state index in [1.165, 1.54) is 20.4 Å². The number of rotatable bonds is 5. The third-order valence-corrected chi connectivity index (χ3v) is 4.60. The fourth-order valence-electron chi connectivity index (χ4n) is 1.76. The van der Waals surface area contributed by atoms with Crippen molar-refractivity contribution in [1.82, 2.24) is 9.78 Å². The lowest BCUT2D eigenvalue weighted by Gasteiger charge is -2.09. The van der Waals surface area contributed by atoms with Crippen LogP contribution in [0.15, 0.2) is 41.3 Å². The van der Waals surface area contributed by atoms with Crippen molar-refractivity contribution in [2.24, 2.45) is 0 Å². The number of H-pyrrole nitrogens is 1. The van der Waals surface area contributed by atoms with Gasteiger partial charge in [-0.3, -0.25) is 19.1 Å². The van der Waals surface area contributed by atoms with Crippen LogP contribution in [-0.4, -0.2) is 24.0 Å². The lowest BCUT2D eigenvalue weighted by molar-refractivity contribution is 0.287. The number of nitrogens with zero attached hydrogens (tertiary/aromatic N) is 1. The van der Waals surface area contributed by atoms with E-state index in [1.807, 2.05) is 30.3 Å². The Kier molecular flexibility index (Phi) is 4.04. The van der Waals surface area contributed by atoms with Gasteiger partial charge in [-0.1, -0.05) is 30.3 Å². The summed E-state index contributed by atoms with van der Waals surface area (Å²) >= 11 is 0. The van der Waals surface area contributed by atoms with Gasteiger partial charge in [-0.25, -0.2) is 0 Å². The summed E-state index contributed by atoms with van der Waals surface area (Å²) in [6.45, 7) is 0.476. The fourth-order valence-corrected chi connectivity index (χ4v) is 2.88. The van der Waals surface area contributed by atoms with Crippen LogP contribution in [0.2, 0.25) is 0 Å². The first-order valence-corrected chi connectivity index (χ1v) is 7.19. The van der Waals surface area contributed by atoms with Crippen LogP contribution >= 0.6 is 7.60 Å². The van der Waals surface area contributed by atoms with Crippen molar-refractivity contribution >= 4 is 12.9 Å². The van der Waals surface area contributed by atoms with Gasteiger partial charge in [0.25, 0.3) is 5.56 Å². The lowest BCUT2D eigenvalue weighted by atomic mass is 10.2. The van der Waals surface area contributed by atoms with Crippen molar-refractivity contribution in [2.75, 3.05) is 14.2 Å². The fraction of sp³-hybridized carbons (Fsp3) is 0.250. The molecule has 7 heteroatoms. The van der Waals surface area contributed by atoms with Gasteiger partial charge in [0.2, 0.25) is 0 Å². The van der Waals surface area contributed by atoms with Crippen LogP contribution in [0.3, 0.4) is 0 Å². The summed E-state index contributed by atoms with van der Waals surface area (Å²) in [6.07, 6.45) is 1.46. The molecule has 0 atom stereocenters. The highest BCUT2D eigenvalue weighted by atomic mass is 31.2. The minimum absolute atomic E-state index is 0.00781. The maximum atomic E-state index is 12.2. The second kappa shape index (κ2) is 5.57. The van der Waals surface area contributed by atoms with Gasteiger partial charge in [0.1, 0.15) is 5.30 Å². The van der Waals surface area contributed by atoms with E-state index >= 15 is 0 Å². The second-order valence-corrected chi connectivity index (χ2v) is 6.14. The SMILES string of the molecule is COP(=O)(OC)c1cn(Cc2ccccc2)[nH]c1=O. The van der Waals surface area contributed by atoms with Crippen LogP contribution in [0.4, 0.5) is 0 Å². The standard InChI is InChI=1S/C12H15N2O4P/c1-17-19(16,18-2)11-9-14(13-12(11)15)8-10-6-4-3-5-7-10/h3-7,9H,8H2,1-2H3,(H,13,15). The largest absolute Gasteiger partial charge is 0.367 e. The molecule has 1 heterocycles. The number of hydrogen-bond acceptors (Lipinski definition) is 4. The minimum atomic E-state index is -3.52. The molecule has 1 N–H and O–H groups in total. The van der Waals surface area contributed by atoms with Gasteiger partial charge in [-0.2, -0.15) is 0 Å². The smallest absolute Gasteiger partial charge is 0.308 e. The summed E-state index contributed by atoms with van der Waals surface area (Å²) in [5, 5.41) is 2.60. The van der Waals surface area contributed by atoms with Crippen molar-refractivity contribution in [1.29, 1.82) is 0 Å². The van der Waals surface area contributed by atoms with Crippen LogP contribution in [0.25, 0.3) is 0 Å². The number of aromatic amines is 1. The van der Waals surface area contributed by atoms with Gasteiger partial charge in [0.05, 0.1) is 6.54 Å². The molecular weight excluding hydrogens is 267 g/mol. The Morgan fingerprint density at radius 3 is 2.42 bits per heavy atom. The molecule has 0 aliphatic heterocycles. The molecule has 0 radical (unpaired) electrons. The first-order valence-electron chi connectivity index (χ1n) is 5.64. The van der Waals surface area contributed by atoms with Gasteiger partial charge in [-0.05, 0) is 5.56 Å². The number of benzene rings is 1. The summed E-state index contributed by atoms with van der Waals surface area (Å²) in [4.78, 5) is 11.8. The molecule has 102 valence electrons. The predicted molar refractivity (Wildman–Crippen MR) is 71.9 cm³/mol. The van der Waals surface area contributed by atoms with E-state index in [-0.39, 0.29) is 5.30 Å². The van der Waals surface area contributed by atoms with Crippen molar-refractivity contribution < 1.29 is 13.6 Å². The summed E-state index contributed by atoms with van der Waals surface area (Å²) < 4.78 is 23.3. The van der Waals surface area contributed by atoms with Crippen molar-refractivity contribution in [3.05, 3.63) is 52.4 Å². The normalized spacial score (nSPS) is 11.7. The highest BCUT2D eigenvalue weighted by molar-refractivity contribution is 7.62. The molecule has 0 unspecified atom stereocenters. The highest BCUT2D eigenvalue weighted by Crippen LogP contribution is 2.43. The Hall–Kier alpha value is -1.62. The third kappa shape index (κ3) is 2.87. The van der Waals surface area contributed by atoms with E-state index in [0.717, 1.165) is 5.56 Å². The Morgan fingerprint density at radius 1 is 1.21 bits per heavy atom. The molecule has 0 amide bonds. The van der Waals surface area contributed by atoms with Crippen molar-refractivity contribution in [3.63, 3.8) is 0 Å². The average Bonchev–Trinajstić information content (AvgIpc) is 2.80.